The molecule has 1 aromatic heterocycles. The Balaban J connectivity index is 1.79. The number of fused-ring (bicyclic) bond motifs is 5. The molecule has 2 heterocycles. The Bertz CT molecular complexity index is 1250. The van der Waals surface area contributed by atoms with E-state index in [-0.39, 0.29) is 0 Å². The molecule has 3 aromatic rings. The van der Waals surface area contributed by atoms with Crippen molar-refractivity contribution in [2.24, 2.45) is 0 Å². The number of carbonyl (C=O) groups excluding carboxylic acids is 1. The molecule has 1 N–H and O–H groups in total. The number of ether oxygens (including phenoxy) is 1. The van der Waals surface area contributed by atoms with E-state index in [4.69, 9.17) is 4.74 Å². The number of carbonyl (C=O) groups is 1. The molecule has 0 atom stereocenters. The van der Waals surface area contributed by atoms with Gasteiger partial charge in [-0.2, -0.15) is 0 Å². The molecular formula is C22H22N2O4S. The van der Waals surface area contributed by atoms with Gasteiger partial charge in [0.25, 0.3) is 5.91 Å². The Morgan fingerprint density at radius 3 is 2.66 bits per heavy atom. The summed E-state index contributed by atoms with van der Waals surface area (Å²) in [7, 11) is -2.04. The summed E-state index contributed by atoms with van der Waals surface area (Å²) < 4.78 is 33.7. The summed E-state index contributed by atoms with van der Waals surface area (Å²) in [5.74, 6) is 0.175. The summed E-state index contributed by atoms with van der Waals surface area (Å²) in [6, 6.07) is 13.3. The van der Waals surface area contributed by atoms with E-state index in [2.05, 4.69) is 27.5 Å². The van der Waals surface area contributed by atoms with Crippen LogP contribution in [0, 0.1) is 0 Å². The fourth-order valence-corrected chi connectivity index (χ4v) is 4.06. The van der Waals surface area contributed by atoms with Crippen molar-refractivity contribution in [1.29, 1.82) is 0 Å². The highest BCUT2D eigenvalue weighted by Gasteiger charge is 2.21. The van der Waals surface area contributed by atoms with Crippen LogP contribution in [0.1, 0.15) is 29.8 Å². The number of aromatic nitrogens is 1. The number of amides is 1. The lowest BCUT2D eigenvalue weighted by Gasteiger charge is -2.11. The van der Waals surface area contributed by atoms with Crippen molar-refractivity contribution < 1.29 is 17.9 Å². The Kier molecular flexibility index (Phi) is 4.70. The lowest BCUT2D eigenvalue weighted by molar-refractivity contribution is 0.0981. The predicted molar refractivity (Wildman–Crippen MR) is 114 cm³/mol. The number of sulfonamides is 1. The second-order valence-corrected chi connectivity index (χ2v) is 9.53. The van der Waals surface area contributed by atoms with Crippen molar-refractivity contribution in [2.75, 3.05) is 7.11 Å². The van der Waals surface area contributed by atoms with Gasteiger partial charge in [-0.05, 0) is 55.8 Å². The molecule has 0 spiro atoms. The summed E-state index contributed by atoms with van der Waals surface area (Å²) >= 11 is 0. The molecule has 0 unspecified atom stereocenters. The van der Waals surface area contributed by atoms with Gasteiger partial charge in [0.2, 0.25) is 10.0 Å². The number of hydrogen-bond acceptors (Lipinski definition) is 4. The lowest BCUT2D eigenvalue weighted by Crippen LogP contribution is -2.35. The monoisotopic (exact) mass is 410 g/mol. The lowest BCUT2D eigenvalue weighted by atomic mass is 10.0. The number of allylic oxidation sites excluding steroid dienone is 1. The summed E-state index contributed by atoms with van der Waals surface area (Å²) in [4.78, 5) is 12.5. The molecule has 1 aliphatic rings. The number of methoxy groups -OCH3 is 1. The van der Waals surface area contributed by atoms with Crippen LogP contribution in [-0.2, 0) is 16.6 Å². The highest BCUT2D eigenvalue weighted by Crippen LogP contribution is 2.35. The van der Waals surface area contributed by atoms with Crippen LogP contribution in [0.25, 0.3) is 28.2 Å². The molecule has 0 fully saturated rings. The van der Waals surface area contributed by atoms with E-state index in [9.17, 15) is 13.2 Å². The first-order valence-electron chi connectivity index (χ1n) is 9.34. The predicted octanol–water partition coefficient (Wildman–Crippen LogP) is 3.81. The van der Waals surface area contributed by atoms with Crippen LogP contribution in [0.4, 0.5) is 0 Å². The second-order valence-electron chi connectivity index (χ2n) is 7.29. The van der Waals surface area contributed by atoms with Gasteiger partial charge in [-0.3, -0.25) is 4.79 Å². The van der Waals surface area contributed by atoms with Gasteiger partial charge in [0.05, 0.1) is 12.4 Å². The van der Waals surface area contributed by atoms with Gasteiger partial charge in [0, 0.05) is 34.3 Å². The van der Waals surface area contributed by atoms with E-state index >= 15 is 0 Å². The molecule has 0 saturated carbocycles. The van der Waals surface area contributed by atoms with Crippen LogP contribution in [-0.4, -0.2) is 31.3 Å². The molecule has 0 bridgehead atoms. The summed E-state index contributed by atoms with van der Waals surface area (Å²) in [6.07, 6.45) is 4.12. The molecule has 1 aliphatic heterocycles. The quantitative estimate of drug-likeness (QED) is 0.709. The molecule has 6 nitrogen and oxygen atoms in total. The SMILES string of the molecule is COc1ccc2c(c1)C=CCn1c-2cc2ccc(C(=O)NS(=O)(=O)C(C)C)cc21. The highest BCUT2D eigenvalue weighted by atomic mass is 32.2. The van der Waals surface area contributed by atoms with Crippen LogP contribution in [0.2, 0.25) is 0 Å². The average Bonchev–Trinajstić information content (AvgIpc) is 2.95. The summed E-state index contributed by atoms with van der Waals surface area (Å²) in [5, 5.41) is 0.304. The van der Waals surface area contributed by atoms with E-state index < -0.39 is 21.2 Å². The molecule has 0 aliphatic carbocycles. The maximum Gasteiger partial charge on any atom is 0.264 e. The minimum Gasteiger partial charge on any atom is -0.497 e. The van der Waals surface area contributed by atoms with E-state index in [0.717, 1.165) is 33.5 Å². The Labute approximate surface area is 169 Å². The number of rotatable bonds is 4. The Hall–Kier alpha value is -3.06. The zero-order valence-electron chi connectivity index (χ0n) is 16.5. The molecule has 4 rings (SSSR count). The first kappa shape index (κ1) is 19.3. The van der Waals surface area contributed by atoms with E-state index in [1.165, 1.54) is 13.8 Å². The zero-order chi connectivity index (χ0) is 20.8. The number of hydrogen-bond donors (Lipinski definition) is 1. The van der Waals surface area contributed by atoms with Crippen LogP contribution < -0.4 is 9.46 Å². The van der Waals surface area contributed by atoms with Gasteiger partial charge in [-0.15, -0.1) is 0 Å². The first-order valence-corrected chi connectivity index (χ1v) is 10.9. The molecule has 0 saturated heterocycles. The van der Waals surface area contributed by atoms with E-state index in [1.807, 2.05) is 24.3 Å². The van der Waals surface area contributed by atoms with Crippen molar-refractivity contribution >= 4 is 32.9 Å². The third-order valence-electron chi connectivity index (χ3n) is 5.14. The minimum absolute atomic E-state index is 0.311. The molecular weight excluding hydrogens is 388 g/mol. The highest BCUT2D eigenvalue weighted by molar-refractivity contribution is 7.90. The van der Waals surface area contributed by atoms with E-state index in [1.54, 1.807) is 19.2 Å². The molecule has 150 valence electrons. The molecule has 1 amide bonds. The van der Waals surface area contributed by atoms with Crippen LogP contribution in [0.15, 0.2) is 48.5 Å². The second kappa shape index (κ2) is 7.08. The van der Waals surface area contributed by atoms with Crippen LogP contribution in [0.3, 0.4) is 0 Å². The van der Waals surface area contributed by atoms with Gasteiger partial charge < -0.3 is 9.30 Å². The van der Waals surface area contributed by atoms with Gasteiger partial charge in [-0.1, -0.05) is 18.2 Å². The third kappa shape index (κ3) is 3.42. The normalized spacial score (nSPS) is 13.1. The number of benzene rings is 2. The average molecular weight is 410 g/mol. The molecule has 0 radical (unpaired) electrons. The number of nitrogens with zero attached hydrogens (tertiary/aromatic N) is 1. The molecule has 7 heteroatoms. The fraction of sp³-hybridized carbons (Fsp3) is 0.227. The van der Waals surface area contributed by atoms with Crippen molar-refractivity contribution in [3.8, 4) is 17.0 Å². The maximum atomic E-state index is 12.5. The van der Waals surface area contributed by atoms with Crippen LogP contribution >= 0.6 is 0 Å². The van der Waals surface area contributed by atoms with Crippen molar-refractivity contribution in [3.05, 3.63) is 59.7 Å². The van der Waals surface area contributed by atoms with Gasteiger partial charge in [0.15, 0.2) is 0 Å². The smallest absolute Gasteiger partial charge is 0.264 e. The molecule has 2 aromatic carbocycles. The Morgan fingerprint density at radius 2 is 1.93 bits per heavy atom. The van der Waals surface area contributed by atoms with Crippen molar-refractivity contribution in [3.63, 3.8) is 0 Å². The third-order valence-corrected chi connectivity index (χ3v) is 6.85. The summed E-state index contributed by atoms with van der Waals surface area (Å²) in [5.41, 5.74) is 4.36. The van der Waals surface area contributed by atoms with Crippen LogP contribution in [0.5, 0.6) is 5.75 Å². The topological polar surface area (TPSA) is 77.4 Å². The van der Waals surface area contributed by atoms with E-state index in [0.29, 0.717) is 12.1 Å². The fourth-order valence-electron chi connectivity index (χ4n) is 3.45. The van der Waals surface area contributed by atoms with Gasteiger partial charge in [0.1, 0.15) is 5.75 Å². The zero-order valence-corrected chi connectivity index (χ0v) is 17.3. The Morgan fingerprint density at radius 1 is 1.14 bits per heavy atom. The largest absolute Gasteiger partial charge is 0.497 e. The van der Waals surface area contributed by atoms with Crippen molar-refractivity contribution in [1.82, 2.24) is 9.29 Å². The summed E-state index contributed by atoms with van der Waals surface area (Å²) in [6.45, 7) is 3.71. The first-order chi connectivity index (χ1) is 13.8. The number of nitrogens with one attached hydrogen (secondary N) is 1. The van der Waals surface area contributed by atoms with Gasteiger partial charge >= 0.3 is 0 Å². The minimum atomic E-state index is -3.68. The standard InChI is InChI=1S/C22H22N2O4S/c1-14(2)29(26,27)23-22(25)17-7-6-16-12-21-19-9-8-18(28-3)11-15(19)5-4-10-24(21)20(16)13-17/h4-9,11-14H,10H2,1-3H3,(H,23,25). The van der Waals surface area contributed by atoms with Crippen molar-refractivity contribution in [2.45, 2.75) is 25.6 Å². The molecule has 29 heavy (non-hydrogen) atoms. The maximum absolute atomic E-state index is 12.5. The van der Waals surface area contributed by atoms with Gasteiger partial charge in [-0.25, -0.2) is 13.1 Å².